The Morgan fingerprint density at radius 1 is 1.26 bits per heavy atom. The third-order valence-corrected chi connectivity index (χ3v) is 3.46. The molecule has 0 aromatic carbocycles. The molecule has 1 unspecified atom stereocenters. The van der Waals surface area contributed by atoms with Crippen LogP contribution >= 0.6 is 0 Å². The lowest BCUT2D eigenvalue weighted by Gasteiger charge is -2.27. The van der Waals surface area contributed by atoms with Crippen LogP contribution in [0.2, 0.25) is 0 Å². The van der Waals surface area contributed by atoms with Gasteiger partial charge >= 0.3 is 0 Å². The minimum Gasteiger partial charge on any atom is -0.394 e. The van der Waals surface area contributed by atoms with E-state index in [1.54, 1.807) is 0 Å². The maximum absolute atomic E-state index is 9.21. The molecule has 0 spiro atoms. The lowest BCUT2D eigenvalue weighted by Crippen LogP contribution is -2.38. The Bertz CT molecular complexity index is 237. The molecule has 1 aliphatic carbocycles. The van der Waals surface area contributed by atoms with E-state index >= 15 is 0 Å². The second-order valence-corrected chi connectivity index (χ2v) is 4.74. The van der Waals surface area contributed by atoms with Crippen LogP contribution in [0.1, 0.15) is 47.5 Å². The van der Waals surface area contributed by atoms with Crippen molar-refractivity contribution in [2.75, 3.05) is 32.9 Å². The van der Waals surface area contributed by atoms with Gasteiger partial charge in [0.1, 0.15) is 0 Å². The predicted octanol–water partition coefficient (Wildman–Crippen LogP) is 3.09. The number of aliphatic hydroxyl groups is 1. The first kappa shape index (κ1) is 18.6. The van der Waals surface area contributed by atoms with Crippen molar-refractivity contribution in [3.05, 3.63) is 12.2 Å². The van der Waals surface area contributed by atoms with Crippen molar-refractivity contribution < 1.29 is 9.84 Å². The molecule has 0 bridgehead atoms. The fourth-order valence-corrected chi connectivity index (χ4v) is 2.24. The summed E-state index contributed by atoms with van der Waals surface area (Å²) in [7, 11) is 0. The third-order valence-electron chi connectivity index (χ3n) is 3.46. The van der Waals surface area contributed by atoms with Crippen LogP contribution in [0, 0.1) is 5.41 Å². The van der Waals surface area contributed by atoms with Crippen molar-refractivity contribution in [3.63, 3.8) is 0 Å². The van der Waals surface area contributed by atoms with Crippen LogP contribution in [-0.4, -0.2) is 49.0 Å². The zero-order valence-electron chi connectivity index (χ0n) is 13.5. The summed E-state index contributed by atoms with van der Waals surface area (Å²) < 4.78 is 5.53. The Hall–Kier alpha value is -0.380. The average molecular weight is 271 g/mol. The van der Waals surface area contributed by atoms with Gasteiger partial charge in [-0.1, -0.05) is 39.8 Å². The summed E-state index contributed by atoms with van der Waals surface area (Å²) >= 11 is 0. The Labute approximate surface area is 119 Å². The summed E-state index contributed by atoms with van der Waals surface area (Å²) in [5, 5.41) is 9.21. The van der Waals surface area contributed by atoms with E-state index in [0.717, 1.165) is 26.3 Å². The average Bonchev–Trinajstić information content (AvgIpc) is 3.10. The van der Waals surface area contributed by atoms with Crippen molar-refractivity contribution in [3.8, 4) is 0 Å². The lowest BCUT2D eigenvalue weighted by molar-refractivity contribution is 0.0699. The van der Waals surface area contributed by atoms with Gasteiger partial charge in [0.05, 0.1) is 19.3 Å². The van der Waals surface area contributed by atoms with Gasteiger partial charge in [0.15, 0.2) is 0 Å². The number of aliphatic hydroxyl groups excluding tert-OH is 1. The van der Waals surface area contributed by atoms with Gasteiger partial charge < -0.3 is 9.84 Å². The Kier molecular flexibility index (Phi) is 10.2. The van der Waals surface area contributed by atoms with Gasteiger partial charge in [-0.05, 0) is 19.8 Å². The molecule has 19 heavy (non-hydrogen) atoms. The van der Waals surface area contributed by atoms with Gasteiger partial charge in [-0.25, -0.2) is 0 Å². The second kappa shape index (κ2) is 10.4. The van der Waals surface area contributed by atoms with Crippen LogP contribution in [0.3, 0.4) is 0 Å². The Morgan fingerprint density at radius 2 is 1.89 bits per heavy atom. The monoisotopic (exact) mass is 271 g/mol. The van der Waals surface area contributed by atoms with E-state index in [9.17, 15) is 5.11 Å². The summed E-state index contributed by atoms with van der Waals surface area (Å²) in [4.78, 5) is 2.35. The summed E-state index contributed by atoms with van der Waals surface area (Å²) in [6.07, 6.45) is 6.82. The van der Waals surface area contributed by atoms with Crippen LogP contribution in [0.4, 0.5) is 0 Å². The molecule has 3 nitrogen and oxygen atoms in total. The molecule has 0 amide bonds. The highest BCUT2D eigenvalue weighted by atomic mass is 16.5. The zero-order chi connectivity index (χ0) is 14.7. The van der Waals surface area contributed by atoms with Gasteiger partial charge in [0, 0.05) is 25.1 Å². The molecule has 0 saturated heterocycles. The van der Waals surface area contributed by atoms with Crippen molar-refractivity contribution in [1.82, 2.24) is 4.90 Å². The molecule has 2 aliphatic rings. The van der Waals surface area contributed by atoms with Crippen LogP contribution < -0.4 is 0 Å². The summed E-state index contributed by atoms with van der Waals surface area (Å²) in [5.41, 5.74) is 0.398. The van der Waals surface area contributed by atoms with E-state index in [4.69, 9.17) is 4.74 Å². The highest BCUT2D eigenvalue weighted by molar-refractivity contribution is 5.07. The Balaban J connectivity index is 0.000000741. The van der Waals surface area contributed by atoms with Crippen LogP contribution in [0.5, 0.6) is 0 Å². The van der Waals surface area contributed by atoms with E-state index in [2.05, 4.69) is 17.1 Å². The molecule has 0 radical (unpaired) electrons. The maximum atomic E-state index is 9.21. The molecule has 0 aromatic rings. The topological polar surface area (TPSA) is 32.7 Å². The van der Waals surface area contributed by atoms with Crippen molar-refractivity contribution >= 4 is 0 Å². The number of nitrogens with zero attached hydrogens (tertiary/aromatic N) is 1. The summed E-state index contributed by atoms with van der Waals surface area (Å²) in [6, 6.07) is 0.240. The third kappa shape index (κ3) is 6.07. The number of hydrogen-bond donors (Lipinski definition) is 1. The van der Waals surface area contributed by atoms with Crippen molar-refractivity contribution in [1.29, 1.82) is 0 Å². The molecule has 3 heteroatoms. The zero-order valence-corrected chi connectivity index (χ0v) is 13.5. The van der Waals surface area contributed by atoms with Gasteiger partial charge in [-0.15, -0.1) is 0 Å². The summed E-state index contributed by atoms with van der Waals surface area (Å²) in [5.74, 6) is 0. The van der Waals surface area contributed by atoms with Gasteiger partial charge in [-0.2, -0.15) is 0 Å². The predicted molar refractivity (Wildman–Crippen MR) is 82.4 cm³/mol. The minimum atomic E-state index is 0.237. The molecule has 114 valence electrons. The van der Waals surface area contributed by atoms with E-state index in [1.807, 2.05) is 34.6 Å². The molecule has 1 saturated carbocycles. The fraction of sp³-hybridized carbons (Fsp3) is 0.875. The van der Waals surface area contributed by atoms with E-state index in [1.165, 1.54) is 12.8 Å². The van der Waals surface area contributed by atoms with Gasteiger partial charge in [0.2, 0.25) is 0 Å². The van der Waals surface area contributed by atoms with Crippen LogP contribution in [0.15, 0.2) is 12.2 Å². The largest absolute Gasteiger partial charge is 0.394 e. The second-order valence-electron chi connectivity index (χ2n) is 4.74. The van der Waals surface area contributed by atoms with Crippen LogP contribution in [-0.2, 0) is 4.74 Å². The van der Waals surface area contributed by atoms with E-state index in [-0.39, 0.29) is 12.6 Å². The molecule has 1 atom stereocenters. The highest BCUT2D eigenvalue weighted by Crippen LogP contribution is 2.47. The van der Waals surface area contributed by atoms with Crippen molar-refractivity contribution in [2.45, 2.75) is 53.5 Å². The minimum absolute atomic E-state index is 0.237. The molecule has 1 aliphatic heterocycles. The maximum Gasteiger partial charge on any atom is 0.0622 e. The van der Waals surface area contributed by atoms with Crippen molar-refractivity contribution in [2.24, 2.45) is 5.41 Å². The molecular weight excluding hydrogens is 238 g/mol. The van der Waals surface area contributed by atoms with E-state index < -0.39 is 0 Å². The van der Waals surface area contributed by atoms with E-state index in [0.29, 0.717) is 5.41 Å². The lowest BCUT2D eigenvalue weighted by atomic mass is 10.1. The fourth-order valence-electron chi connectivity index (χ4n) is 2.24. The molecule has 1 N–H and O–H groups in total. The van der Waals surface area contributed by atoms with Crippen LogP contribution in [0.25, 0.3) is 0 Å². The molecular formula is C16H33NO2. The molecule has 2 rings (SSSR count). The number of ether oxygens (including phenoxy) is 1. The normalized spacial score (nSPS) is 23.2. The summed E-state index contributed by atoms with van der Waals surface area (Å²) in [6.45, 7) is 14.0. The Morgan fingerprint density at radius 3 is 2.37 bits per heavy atom. The first-order valence-corrected chi connectivity index (χ1v) is 7.89. The first-order chi connectivity index (χ1) is 9.29. The first-order valence-electron chi connectivity index (χ1n) is 7.89. The van der Waals surface area contributed by atoms with Gasteiger partial charge in [-0.3, -0.25) is 4.90 Å². The van der Waals surface area contributed by atoms with Gasteiger partial charge in [0.25, 0.3) is 0 Å². The number of rotatable bonds is 6. The number of hydrogen-bond acceptors (Lipinski definition) is 3. The SMILES string of the molecule is CC.CC.CCOCC1(CN2CC=CC2CO)CC1. The standard InChI is InChI=1S/C12H21NO2.2C2H6/c1-2-15-10-12(5-6-12)9-13-7-3-4-11(13)8-14;2*1-2/h3-4,11,14H,2,5-10H2,1H3;2*1-2H3. The smallest absolute Gasteiger partial charge is 0.0622 e. The molecule has 1 fully saturated rings. The molecule has 0 aromatic heterocycles. The highest BCUT2D eigenvalue weighted by Gasteiger charge is 2.45. The molecule has 1 heterocycles. The quantitative estimate of drug-likeness (QED) is 0.754.